The molecular formula is C17H18ClN3O2. The van der Waals surface area contributed by atoms with E-state index in [0.717, 1.165) is 31.5 Å². The van der Waals surface area contributed by atoms with Crippen LogP contribution in [0.5, 0.6) is 11.6 Å². The molecule has 3 rings (SSSR count). The zero-order valence-electron chi connectivity index (χ0n) is 12.6. The van der Waals surface area contributed by atoms with Gasteiger partial charge in [-0.05, 0) is 49.7 Å². The molecule has 5 nitrogen and oxygen atoms in total. The number of aromatic nitrogens is 1. The maximum Gasteiger partial charge on any atom is 0.241 e. The second-order valence-corrected chi connectivity index (χ2v) is 5.87. The number of benzene rings is 1. The van der Waals surface area contributed by atoms with Crippen LogP contribution in [-0.2, 0) is 4.79 Å². The molecule has 1 aliphatic heterocycles. The van der Waals surface area contributed by atoms with Crippen molar-refractivity contribution in [3.05, 3.63) is 47.6 Å². The van der Waals surface area contributed by atoms with Crippen molar-refractivity contribution in [3.63, 3.8) is 0 Å². The highest BCUT2D eigenvalue weighted by atomic mass is 35.5. The lowest BCUT2D eigenvalue weighted by Crippen LogP contribution is -2.43. The van der Waals surface area contributed by atoms with Gasteiger partial charge in [-0.3, -0.25) is 4.79 Å². The minimum Gasteiger partial charge on any atom is -0.439 e. The quantitative estimate of drug-likeness (QED) is 0.898. The van der Waals surface area contributed by atoms with Crippen LogP contribution in [0, 0.1) is 0 Å². The van der Waals surface area contributed by atoms with E-state index in [9.17, 15) is 4.79 Å². The lowest BCUT2D eigenvalue weighted by atomic mass is 10.0. The standard InChI is InChI=1S/C17H18ClN3O2/c18-12-4-9-16(20-11-12)23-14-7-5-13(6-8-14)21-17(22)15-3-1-2-10-19-15/h4-9,11,15,19H,1-3,10H2,(H,21,22)/t15-/m1/s1. The van der Waals surface area contributed by atoms with Gasteiger partial charge in [0.2, 0.25) is 11.8 Å². The van der Waals surface area contributed by atoms with Crippen LogP contribution in [0.1, 0.15) is 19.3 Å². The van der Waals surface area contributed by atoms with Crippen LogP contribution in [0.4, 0.5) is 5.69 Å². The van der Waals surface area contributed by atoms with Gasteiger partial charge in [0.1, 0.15) is 5.75 Å². The molecule has 1 fully saturated rings. The zero-order valence-corrected chi connectivity index (χ0v) is 13.3. The second-order valence-electron chi connectivity index (χ2n) is 5.43. The molecule has 1 saturated heterocycles. The summed E-state index contributed by atoms with van der Waals surface area (Å²) in [5, 5.41) is 6.71. The molecule has 23 heavy (non-hydrogen) atoms. The highest BCUT2D eigenvalue weighted by Crippen LogP contribution is 2.22. The van der Waals surface area contributed by atoms with Crippen LogP contribution in [0.25, 0.3) is 0 Å². The van der Waals surface area contributed by atoms with Gasteiger partial charge in [-0.2, -0.15) is 0 Å². The summed E-state index contributed by atoms with van der Waals surface area (Å²) in [5.74, 6) is 1.13. The summed E-state index contributed by atoms with van der Waals surface area (Å²) in [7, 11) is 0. The first-order chi connectivity index (χ1) is 11.2. The number of hydrogen-bond acceptors (Lipinski definition) is 4. The third-order valence-electron chi connectivity index (χ3n) is 3.67. The van der Waals surface area contributed by atoms with E-state index in [1.165, 1.54) is 6.20 Å². The van der Waals surface area contributed by atoms with Gasteiger partial charge >= 0.3 is 0 Å². The summed E-state index contributed by atoms with van der Waals surface area (Å²) in [6, 6.07) is 10.5. The summed E-state index contributed by atoms with van der Waals surface area (Å²) >= 11 is 5.78. The maximum atomic E-state index is 12.1. The molecule has 1 atom stereocenters. The van der Waals surface area contributed by atoms with Gasteiger partial charge in [0.05, 0.1) is 11.1 Å². The molecule has 0 radical (unpaired) electrons. The Kier molecular flexibility index (Phi) is 5.10. The number of rotatable bonds is 4. The van der Waals surface area contributed by atoms with Crippen molar-refractivity contribution >= 4 is 23.2 Å². The van der Waals surface area contributed by atoms with E-state index in [1.54, 1.807) is 24.3 Å². The van der Waals surface area contributed by atoms with Crippen LogP contribution in [-0.4, -0.2) is 23.5 Å². The third kappa shape index (κ3) is 4.43. The molecule has 0 bridgehead atoms. The number of carbonyl (C=O) groups is 1. The van der Waals surface area contributed by atoms with Gasteiger partial charge < -0.3 is 15.4 Å². The van der Waals surface area contributed by atoms with E-state index in [2.05, 4.69) is 15.6 Å². The first-order valence-electron chi connectivity index (χ1n) is 7.64. The molecule has 1 amide bonds. The molecule has 1 aliphatic rings. The number of carbonyl (C=O) groups excluding carboxylic acids is 1. The third-order valence-corrected chi connectivity index (χ3v) is 3.89. The van der Waals surface area contributed by atoms with Gasteiger partial charge in [0, 0.05) is 18.0 Å². The predicted octanol–water partition coefficient (Wildman–Crippen LogP) is 3.61. The molecule has 120 valence electrons. The monoisotopic (exact) mass is 331 g/mol. The van der Waals surface area contributed by atoms with Crippen LogP contribution in [0.2, 0.25) is 5.02 Å². The van der Waals surface area contributed by atoms with Crippen molar-refractivity contribution in [1.29, 1.82) is 0 Å². The molecule has 0 aliphatic carbocycles. The number of nitrogens with one attached hydrogen (secondary N) is 2. The largest absolute Gasteiger partial charge is 0.439 e. The van der Waals surface area contributed by atoms with Crippen LogP contribution in [0.15, 0.2) is 42.6 Å². The zero-order chi connectivity index (χ0) is 16.1. The molecule has 2 heterocycles. The van der Waals surface area contributed by atoms with Gasteiger partial charge in [0.15, 0.2) is 0 Å². The number of halogens is 1. The first kappa shape index (κ1) is 15.8. The van der Waals surface area contributed by atoms with Crippen molar-refractivity contribution in [2.75, 3.05) is 11.9 Å². The Morgan fingerprint density at radius 1 is 1.22 bits per heavy atom. The summed E-state index contributed by atoms with van der Waals surface area (Å²) < 4.78 is 5.61. The minimum absolute atomic E-state index is 0.0118. The summed E-state index contributed by atoms with van der Waals surface area (Å²) in [5.41, 5.74) is 0.749. The van der Waals surface area contributed by atoms with Crippen LogP contribution in [0.3, 0.4) is 0 Å². The van der Waals surface area contributed by atoms with Crippen LogP contribution < -0.4 is 15.4 Å². The SMILES string of the molecule is O=C(Nc1ccc(Oc2ccc(Cl)cn2)cc1)[C@H]1CCCCN1. The Balaban J connectivity index is 1.58. The van der Waals surface area contributed by atoms with Crippen molar-refractivity contribution in [3.8, 4) is 11.6 Å². The van der Waals surface area contributed by atoms with E-state index in [1.807, 2.05) is 12.1 Å². The van der Waals surface area contributed by atoms with Crippen molar-refractivity contribution < 1.29 is 9.53 Å². The summed E-state index contributed by atoms with van der Waals surface area (Å²) in [6.45, 7) is 0.902. The van der Waals surface area contributed by atoms with E-state index in [-0.39, 0.29) is 11.9 Å². The van der Waals surface area contributed by atoms with Gasteiger partial charge in [-0.1, -0.05) is 18.0 Å². The Morgan fingerprint density at radius 3 is 2.70 bits per heavy atom. The molecule has 1 aromatic heterocycles. The molecular weight excluding hydrogens is 314 g/mol. The van der Waals surface area contributed by atoms with Gasteiger partial charge in [-0.25, -0.2) is 4.98 Å². The summed E-state index contributed by atoms with van der Waals surface area (Å²) in [4.78, 5) is 16.2. The fourth-order valence-electron chi connectivity index (χ4n) is 2.45. The topological polar surface area (TPSA) is 63.2 Å². The fraction of sp³-hybridized carbons (Fsp3) is 0.294. The molecule has 2 aromatic rings. The number of ether oxygens (including phenoxy) is 1. The van der Waals surface area contributed by atoms with E-state index in [0.29, 0.717) is 16.7 Å². The normalized spacial score (nSPS) is 17.5. The Labute approximate surface area is 140 Å². The Bertz CT molecular complexity index is 653. The number of piperidine rings is 1. The molecule has 1 aromatic carbocycles. The van der Waals surface area contributed by atoms with Crippen molar-refractivity contribution in [2.24, 2.45) is 0 Å². The highest BCUT2D eigenvalue weighted by molar-refractivity contribution is 6.30. The number of nitrogens with zero attached hydrogens (tertiary/aromatic N) is 1. The highest BCUT2D eigenvalue weighted by Gasteiger charge is 2.20. The van der Waals surface area contributed by atoms with Gasteiger partial charge in [-0.15, -0.1) is 0 Å². The minimum atomic E-state index is -0.0991. The first-order valence-corrected chi connectivity index (χ1v) is 8.02. The number of amides is 1. The second kappa shape index (κ2) is 7.44. The average Bonchev–Trinajstić information content (AvgIpc) is 2.59. The average molecular weight is 332 g/mol. The van der Waals surface area contributed by atoms with Crippen LogP contribution >= 0.6 is 11.6 Å². The molecule has 6 heteroatoms. The van der Waals surface area contributed by atoms with Crippen molar-refractivity contribution in [2.45, 2.75) is 25.3 Å². The number of pyridine rings is 1. The number of anilines is 1. The molecule has 0 unspecified atom stereocenters. The smallest absolute Gasteiger partial charge is 0.241 e. The lowest BCUT2D eigenvalue weighted by Gasteiger charge is -2.22. The van der Waals surface area contributed by atoms with Gasteiger partial charge in [0.25, 0.3) is 0 Å². The summed E-state index contributed by atoms with van der Waals surface area (Å²) in [6.07, 6.45) is 4.64. The molecule has 0 saturated carbocycles. The fourth-order valence-corrected chi connectivity index (χ4v) is 2.57. The van der Waals surface area contributed by atoms with E-state index in [4.69, 9.17) is 16.3 Å². The van der Waals surface area contributed by atoms with E-state index >= 15 is 0 Å². The Morgan fingerprint density at radius 2 is 2.04 bits per heavy atom. The maximum absolute atomic E-state index is 12.1. The lowest BCUT2D eigenvalue weighted by molar-refractivity contribution is -0.118. The Hall–Kier alpha value is -2.11. The molecule has 0 spiro atoms. The molecule has 2 N–H and O–H groups in total. The van der Waals surface area contributed by atoms with Crippen molar-refractivity contribution in [1.82, 2.24) is 10.3 Å². The number of hydrogen-bond donors (Lipinski definition) is 2. The van der Waals surface area contributed by atoms with E-state index < -0.39 is 0 Å². The predicted molar refractivity (Wildman–Crippen MR) is 90.0 cm³/mol.